The second-order valence-corrected chi connectivity index (χ2v) is 8.28. The minimum atomic E-state index is -1.19. The van der Waals surface area contributed by atoms with Gasteiger partial charge in [-0.05, 0) is 43.2 Å². The lowest BCUT2D eigenvalue weighted by molar-refractivity contribution is -0.143. The summed E-state index contributed by atoms with van der Waals surface area (Å²) in [6, 6.07) is 8.94. The van der Waals surface area contributed by atoms with E-state index >= 15 is 0 Å². The molecule has 5 nitrogen and oxygen atoms in total. The number of carbonyl (C=O) groups is 2. The average molecular weight is 437 g/mol. The van der Waals surface area contributed by atoms with Crippen molar-refractivity contribution < 1.29 is 19.1 Å². The molecule has 0 unspecified atom stereocenters. The number of halogens is 3. The summed E-state index contributed by atoms with van der Waals surface area (Å²) in [6.07, 6.45) is 1.01. The molecule has 152 valence electrons. The maximum absolute atomic E-state index is 14.1. The third-order valence-electron chi connectivity index (χ3n) is 5.41. The fraction of sp³-hybridized carbons (Fsp3) is 0.333. The van der Waals surface area contributed by atoms with Crippen LogP contribution in [-0.4, -0.2) is 58.5 Å². The first-order valence-electron chi connectivity index (χ1n) is 9.34. The highest BCUT2D eigenvalue weighted by Gasteiger charge is 2.50. The van der Waals surface area contributed by atoms with E-state index in [9.17, 15) is 19.1 Å². The second kappa shape index (κ2) is 7.59. The van der Waals surface area contributed by atoms with Gasteiger partial charge in [-0.3, -0.25) is 9.59 Å². The lowest BCUT2D eigenvalue weighted by Crippen LogP contribution is -2.53. The largest absolute Gasteiger partial charge is 0.380 e. The maximum atomic E-state index is 14.1. The van der Waals surface area contributed by atoms with Gasteiger partial charge in [0.1, 0.15) is 11.4 Å². The lowest BCUT2D eigenvalue weighted by Gasteiger charge is -2.35. The summed E-state index contributed by atoms with van der Waals surface area (Å²) in [7, 11) is 0. The Morgan fingerprint density at radius 2 is 1.59 bits per heavy atom. The van der Waals surface area contributed by atoms with Crippen LogP contribution in [0, 0.1) is 5.82 Å². The van der Waals surface area contributed by atoms with Crippen molar-refractivity contribution in [3.8, 4) is 11.1 Å². The van der Waals surface area contributed by atoms with Crippen molar-refractivity contribution in [3.05, 3.63) is 57.8 Å². The van der Waals surface area contributed by atoms with Crippen LogP contribution in [0.5, 0.6) is 0 Å². The van der Waals surface area contributed by atoms with Crippen molar-refractivity contribution >= 4 is 35.0 Å². The van der Waals surface area contributed by atoms with Crippen LogP contribution in [0.1, 0.15) is 23.2 Å². The Balaban J connectivity index is 1.46. The van der Waals surface area contributed by atoms with Gasteiger partial charge >= 0.3 is 0 Å². The van der Waals surface area contributed by atoms with Crippen molar-refractivity contribution in [2.75, 3.05) is 26.2 Å². The van der Waals surface area contributed by atoms with Gasteiger partial charge in [-0.2, -0.15) is 0 Å². The van der Waals surface area contributed by atoms with Gasteiger partial charge in [0.05, 0.1) is 0 Å². The van der Waals surface area contributed by atoms with Crippen LogP contribution in [0.2, 0.25) is 10.0 Å². The number of nitrogens with zero attached hydrogens (tertiary/aromatic N) is 2. The molecule has 2 amide bonds. The van der Waals surface area contributed by atoms with E-state index in [0.29, 0.717) is 55.2 Å². The molecular weight excluding hydrogens is 418 g/mol. The number of benzene rings is 2. The summed E-state index contributed by atoms with van der Waals surface area (Å²) in [4.78, 5) is 28.3. The molecule has 2 aliphatic rings. The molecule has 0 atom stereocenters. The van der Waals surface area contributed by atoms with Crippen molar-refractivity contribution in [2.24, 2.45) is 0 Å². The summed E-state index contributed by atoms with van der Waals surface area (Å²) in [6.45, 7) is 1.52. The van der Waals surface area contributed by atoms with Crippen LogP contribution in [0.4, 0.5) is 4.39 Å². The Kier molecular flexibility index (Phi) is 5.27. The highest BCUT2D eigenvalue weighted by atomic mass is 35.5. The third kappa shape index (κ3) is 3.97. The standard InChI is InChI=1S/C21H19Cl2FN2O3/c22-14-2-4-18(24)16(12-14)15-3-1-13(11-17(15)23)19(27)25-7-9-26(10-8-25)20(28)21(29)5-6-21/h1-4,11-12,29H,5-10H2. The van der Waals surface area contributed by atoms with Crippen molar-refractivity contribution in [3.63, 3.8) is 0 Å². The molecule has 29 heavy (non-hydrogen) atoms. The van der Waals surface area contributed by atoms with Crippen LogP contribution in [0.25, 0.3) is 11.1 Å². The van der Waals surface area contributed by atoms with Crippen molar-refractivity contribution in [1.82, 2.24) is 9.80 Å². The maximum Gasteiger partial charge on any atom is 0.254 e. The predicted octanol–water partition coefficient (Wildman–Crippen LogP) is 3.61. The molecule has 1 saturated heterocycles. The normalized spacial score (nSPS) is 17.9. The van der Waals surface area contributed by atoms with Crippen LogP contribution >= 0.6 is 23.2 Å². The Morgan fingerprint density at radius 3 is 2.21 bits per heavy atom. The number of hydrogen-bond donors (Lipinski definition) is 1. The minimum absolute atomic E-state index is 0.206. The molecule has 4 rings (SSSR count). The van der Waals surface area contributed by atoms with E-state index in [4.69, 9.17) is 23.2 Å². The quantitative estimate of drug-likeness (QED) is 0.799. The van der Waals surface area contributed by atoms with Crippen molar-refractivity contribution in [2.45, 2.75) is 18.4 Å². The van der Waals surface area contributed by atoms with E-state index in [-0.39, 0.29) is 22.4 Å². The summed E-state index contributed by atoms with van der Waals surface area (Å²) in [5, 5.41) is 10.6. The monoisotopic (exact) mass is 436 g/mol. The Labute approximate surface area is 177 Å². The van der Waals surface area contributed by atoms with Crippen LogP contribution in [0.3, 0.4) is 0 Å². The Morgan fingerprint density at radius 1 is 0.931 bits per heavy atom. The molecule has 1 aliphatic heterocycles. The van der Waals surface area contributed by atoms with E-state index in [1.165, 1.54) is 24.3 Å². The number of piperazine rings is 1. The number of amides is 2. The smallest absolute Gasteiger partial charge is 0.254 e. The zero-order valence-electron chi connectivity index (χ0n) is 15.5. The van der Waals surface area contributed by atoms with Crippen LogP contribution in [-0.2, 0) is 4.79 Å². The molecule has 1 aliphatic carbocycles. The Hall–Kier alpha value is -2.15. The third-order valence-corrected chi connectivity index (χ3v) is 5.96. The zero-order valence-corrected chi connectivity index (χ0v) is 17.0. The molecular formula is C21H19Cl2FN2O3. The highest BCUT2D eigenvalue weighted by molar-refractivity contribution is 6.34. The summed E-state index contributed by atoms with van der Waals surface area (Å²) in [5.74, 6) is -0.906. The fourth-order valence-corrected chi connectivity index (χ4v) is 3.95. The van der Waals surface area contributed by atoms with Gasteiger partial charge in [-0.15, -0.1) is 0 Å². The highest BCUT2D eigenvalue weighted by Crippen LogP contribution is 2.37. The van der Waals surface area contributed by atoms with Crippen LogP contribution < -0.4 is 0 Å². The Bertz CT molecular complexity index is 986. The molecule has 2 aromatic carbocycles. The predicted molar refractivity (Wildman–Crippen MR) is 109 cm³/mol. The molecule has 2 aromatic rings. The topological polar surface area (TPSA) is 60.9 Å². The molecule has 1 heterocycles. The molecule has 1 N–H and O–H groups in total. The van der Waals surface area contributed by atoms with E-state index in [1.807, 2.05) is 0 Å². The summed E-state index contributed by atoms with van der Waals surface area (Å²) < 4.78 is 14.1. The molecule has 0 radical (unpaired) electrons. The summed E-state index contributed by atoms with van der Waals surface area (Å²) in [5.41, 5.74) is -0.0739. The first-order valence-corrected chi connectivity index (χ1v) is 10.1. The van der Waals surface area contributed by atoms with Crippen LogP contribution in [0.15, 0.2) is 36.4 Å². The average Bonchev–Trinajstić information content (AvgIpc) is 3.47. The number of aliphatic hydroxyl groups is 1. The fourth-order valence-electron chi connectivity index (χ4n) is 3.49. The van der Waals surface area contributed by atoms with E-state index in [2.05, 4.69) is 0 Å². The van der Waals surface area contributed by atoms with E-state index in [1.54, 1.807) is 21.9 Å². The zero-order chi connectivity index (χ0) is 20.8. The van der Waals surface area contributed by atoms with E-state index in [0.717, 1.165) is 0 Å². The van der Waals surface area contributed by atoms with Gasteiger partial charge in [-0.1, -0.05) is 29.3 Å². The SMILES string of the molecule is O=C(c1ccc(-c2cc(Cl)ccc2F)c(Cl)c1)N1CCN(C(=O)C2(O)CC2)CC1. The summed E-state index contributed by atoms with van der Waals surface area (Å²) >= 11 is 12.3. The van der Waals surface area contributed by atoms with E-state index < -0.39 is 11.4 Å². The molecule has 2 fully saturated rings. The lowest BCUT2D eigenvalue weighted by atomic mass is 10.0. The molecule has 8 heteroatoms. The first kappa shape index (κ1) is 20.1. The van der Waals surface area contributed by atoms with Gasteiger partial charge in [0.15, 0.2) is 0 Å². The molecule has 0 bridgehead atoms. The minimum Gasteiger partial charge on any atom is -0.380 e. The van der Waals surface area contributed by atoms with Gasteiger partial charge in [0.2, 0.25) is 0 Å². The van der Waals surface area contributed by atoms with Gasteiger partial charge in [-0.25, -0.2) is 4.39 Å². The van der Waals surface area contributed by atoms with Gasteiger partial charge in [0.25, 0.3) is 11.8 Å². The second-order valence-electron chi connectivity index (χ2n) is 7.43. The van der Waals surface area contributed by atoms with Crippen molar-refractivity contribution in [1.29, 1.82) is 0 Å². The van der Waals surface area contributed by atoms with Gasteiger partial charge in [0, 0.05) is 52.9 Å². The van der Waals surface area contributed by atoms with Gasteiger partial charge < -0.3 is 14.9 Å². The molecule has 1 saturated carbocycles. The molecule has 0 spiro atoms. The number of hydrogen-bond acceptors (Lipinski definition) is 3. The first-order chi connectivity index (χ1) is 13.8. The number of carbonyl (C=O) groups excluding carboxylic acids is 2. The molecule has 0 aromatic heterocycles. The number of rotatable bonds is 3.